The predicted molar refractivity (Wildman–Crippen MR) is 59.4 cm³/mol. The van der Waals surface area contributed by atoms with Gasteiger partial charge in [0.25, 0.3) is 0 Å². The van der Waals surface area contributed by atoms with Crippen molar-refractivity contribution in [1.82, 2.24) is 0 Å². The summed E-state index contributed by atoms with van der Waals surface area (Å²) in [6.45, 7) is 8.49. The van der Waals surface area contributed by atoms with Crippen LogP contribution in [0.2, 0.25) is 13.1 Å². The Morgan fingerprint density at radius 3 is 2.50 bits per heavy atom. The predicted octanol–water partition coefficient (Wildman–Crippen LogP) is 2.39. The first-order chi connectivity index (χ1) is 6.39. The van der Waals surface area contributed by atoms with E-state index in [0.29, 0.717) is 12.0 Å². The molecular weight excluding hydrogens is 196 g/mol. The summed E-state index contributed by atoms with van der Waals surface area (Å²) in [4.78, 5) is 10.5. The summed E-state index contributed by atoms with van der Waals surface area (Å²) < 4.78 is 5.58. The van der Waals surface area contributed by atoms with Crippen LogP contribution in [0.5, 0.6) is 0 Å². The van der Waals surface area contributed by atoms with E-state index in [1.54, 1.807) is 13.0 Å². The highest BCUT2D eigenvalue weighted by Crippen LogP contribution is 2.12. The first-order valence-electron chi connectivity index (χ1n) is 4.77. The lowest BCUT2D eigenvalue weighted by Crippen LogP contribution is -2.31. The Morgan fingerprint density at radius 1 is 1.50 bits per heavy atom. The smallest absolute Gasteiger partial charge is 0.330 e. The Morgan fingerprint density at radius 2 is 2.07 bits per heavy atom. The largest absolute Gasteiger partial charge is 0.478 e. The molecule has 3 nitrogen and oxygen atoms in total. The maximum Gasteiger partial charge on any atom is 0.330 e. The third-order valence-corrected chi connectivity index (χ3v) is 4.14. The van der Waals surface area contributed by atoms with Gasteiger partial charge in [-0.05, 0) is 39.4 Å². The normalized spacial score (nSPS) is 13.0. The SMILES string of the molecule is CCO[Si](C)(C)[CH]CC=C(C)C(=O)O. The fraction of sp³-hybridized carbons (Fsp3) is 0.600. The zero-order valence-corrected chi connectivity index (χ0v) is 10.3. The van der Waals surface area contributed by atoms with Gasteiger partial charge in [-0.25, -0.2) is 4.79 Å². The lowest BCUT2D eigenvalue weighted by molar-refractivity contribution is -0.132. The molecule has 0 saturated heterocycles. The molecule has 0 aromatic heterocycles. The zero-order valence-electron chi connectivity index (χ0n) is 9.33. The van der Waals surface area contributed by atoms with Gasteiger partial charge in [0, 0.05) is 12.2 Å². The lowest BCUT2D eigenvalue weighted by atomic mass is 10.2. The highest BCUT2D eigenvalue weighted by atomic mass is 28.4. The molecule has 0 rings (SSSR count). The van der Waals surface area contributed by atoms with E-state index in [0.717, 1.165) is 6.61 Å². The standard InChI is InChI=1S/C10H19O3Si/c1-5-13-14(3,4)8-6-7-9(2)10(11)12/h7-8H,5-6H2,1-4H3,(H,11,12). The highest BCUT2D eigenvalue weighted by molar-refractivity contribution is 6.74. The van der Waals surface area contributed by atoms with E-state index in [9.17, 15) is 4.79 Å². The molecule has 0 aliphatic carbocycles. The van der Waals surface area contributed by atoms with Crippen LogP contribution in [0.15, 0.2) is 11.6 Å². The van der Waals surface area contributed by atoms with Crippen LogP contribution in [-0.4, -0.2) is 26.0 Å². The van der Waals surface area contributed by atoms with Gasteiger partial charge in [-0.1, -0.05) is 6.08 Å². The molecule has 0 unspecified atom stereocenters. The first kappa shape index (κ1) is 13.4. The summed E-state index contributed by atoms with van der Waals surface area (Å²) in [7, 11) is -1.67. The van der Waals surface area contributed by atoms with Crippen molar-refractivity contribution in [2.45, 2.75) is 33.4 Å². The molecule has 0 aromatic rings. The van der Waals surface area contributed by atoms with Crippen LogP contribution in [0.4, 0.5) is 0 Å². The van der Waals surface area contributed by atoms with Crippen LogP contribution in [-0.2, 0) is 9.22 Å². The van der Waals surface area contributed by atoms with Gasteiger partial charge >= 0.3 is 5.97 Å². The van der Waals surface area contributed by atoms with Crippen molar-refractivity contribution in [3.8, 4) is 0 Å². The minimum atomic E-state index is -1.67. The molecule has 0 bridgehead atoms. The van der Waals surface area contributed by atoms with Gasteiger partial charge in [-0.3, -0.25) is 0 Å². The van der Waals surface area contributed by atoms with Crippen LogP contribution in [0.1, 0.15) is 20.3 Å². The van der Waals surface area contributed by atoms with Crippen molar-refractivity contribution in [2.75, 3.05) is 6.61 Å². The molecule has 4 heteroatoms. The summed E-state index contributed by atoms with van der Waals surface area (Å²) in [5.74, 6) is -0.853. The third-order valence-electron chi connectivity index (χ3n) is 1.89. The fourth-order valence-electron chi connectivity index (χ4n) is 1.04. The molecule has 81 valence electrons. The molecule has 0 aromatic carbocycles. The topological polar surface area (TPSA) is 46.5 Å². The molecule has 0 spiro atoms. The van der Waals surface area contributed by atoms with Crippen LogP contribution >= 0.6 is 0 Å². The number of hydrogen-bond acceptors (Lipinski definition) is 2. The van der Waals surface area contributed by atoms with E-state index in [1.165, 1.54) is 0 Å². The molecule has 1 radical (unpaired) electrons. The second-order valence-corrected chi connectivity index (χ2v) is 7.57. The number of carboxylic acids is 1. The number of hydrogen-bond donors (Lipinski definition) is 1. The highest BCUT2D eigenvalue weighted by Gasteiger charge is 2.20. The minimum Gasteiger partial charge on any atom is -0.478 e. The van der Waals surface area contributed by atoms with E-state index >= 15 is 0 Å². The Balaban J connectivity index is 3.94. The molecule has 0 atom stereocenters. The summed E-state index contributed by atoms with van der Waals surface area (Å²) in [6.07, 6.45) is 2.40. The molecule has 14 heavy (non-hydrogen) atoms. The van der Waals surface area contributed by atoms with Gasteiger partial charge in [0.05, 0.1) is 0 Å². The average molecular weight is 215 g/mol. The summed E-state index contributed by atoms with van der Waals surface area (Å²) in [5.41, 5.74) is 0.391. The molecule has 0 aliphatic rings. The number of carboxylic acid groups (broad SMARTS) is 1. The molecular formula is C10H19O3Si. The number of rotatable bonds is 6. The fourth-order valence-corrected chi connectivity index (χ4v) is 2.59. The summed E-state index contributed by atoms with van der Waals surface area (Å²) in [6, 6.07) is 2.10. The zero-order chi connectivity index (χ0) is 11.2. The van der Waals surface area contributed by atoms with E-state index in [4.69, 9.17) is 9.53 Å². The van der Waals surface area contributed by atoms with Crippen molar-refractivity contribution in [3.05, 3.63) is 17.7 Å². The summed E-state index contributed by atoms with van der Waals surface area (Å²) in [5, 5.41) is 8.61. The maximum absolute atomic E-state index is 10.5. The Hall–Kier alpha value is -0.613. The molecule has 0 saturated carbocycles. The van der Waals surface area contributed by atoms with E-state index in [2.05, 4.69) is 19.1 Å². The van der Waals surface area contributed by atoms with E-state index < -0.39 is 14.3 Å². The van der Waals surface area contributed by atoms with Gasteiger partial charge in [0.15, 0.2) is 8.32 Å². The van der Waals surface area contributed by atoms with Crippen molar-refractivity contribution in [1.29, 1.82) is 0 Å². The van der Waals surface area contributed by atoms with Gasteiger partial charge in [0.2, 0.25) is 0 Å². The van der Waals surface area contributed by atoms with Crippen molar-refractivity contribution in [2.24, 2.45) is 0 Å². The van der Waals surface area contributed by atoms with Crippen molar-refractivity contribution in [3.63, 3.8) is 0 Å². The molecule has 0 heterocycles. The minimum absolute atomic E-state index is 0.391. The Kier molecular flexibility index (Phi) is 5.72. The Bertz CT molecular complexity index is 221. The number of allylic oxidation sites excluding steroid dienone is 1. The number of aliphatic carboxylic acids is 1. The molecule has 0 aliphatic heterocycles. The van der Waals surface area contributed by atoms with E-state index in [1.807, 2.05) is 6.92 Å². The molecule has 0 fully saturated rings. The van der Waals surface area contributed by atoms with Crippen LogP contribution < -0.4 is 0 Å². The first-order valence-corrected chi connectivity index (χ1v) is 7.76. The monoisotopic (exact) mass is 215 g/mol. The second-order valence-electron chi connectivity index (χ2n) is 3.67. The number of carbonyl (C=O) groups is 1. The third kappa shape index (κ3) is 5.94. The van der Waals surface area contributed by atoms with E-state index in [-0.39, 0.29) is 0 Å². The van der Waals surface area contributed by atoms with Crippen LogP contribution in [0.3, 0.4) is 0 Å². The second kappa shape index (κ2) is 5.98. The molecule has 1 N–H and O–H groups in total. The van der Waals surface area contributed by atoms with Gasteiger partial charge in [-0.15, -0.1) is 0 Å². The van der Waals surface area contributed by atoms with Gasteiger partial charge in [0.1, 0.15) is 0 Å². The van der Waals surface area contributed by atoms with Gasteiger partial charge in [-0.2, -0.15) is 0 Å². The quantitative estimate of drug-likeness (QED) is 0.546. The maximum atomic E-state index is 10.5. The lowest BCUT2D eigenvalue weighted by Gasteiger charge is -2.20. The van der Waals surface area contributed by atoms with Crippen molar-refractivity contribution >= 4 is 14.3 Å². The molecule has 0 amide bonds. The van der Waals surface area contributed by atoms with Crippen LogP contribution in [0, 0.1) is 6.04 Å². The van der Waals surface area contributed by atoms with Crippen molar-refractivity contribution < 1.29 is 14.3 Å². The van der Waals surface area contributed by atoms with Crippen LogP contribution in [0.25, 0.3) is 0 Å². The Labute approximate surface area is 86.9 Å². The summed E-state index contributed by atoms with van der Waals surface area (Å²) >= 11 is 0. The van der Waals surface area contributed by atoms with Gasteiger partial charge < -0.3 is 9.53 Å². The average Bonchev–Trinajstić information content (AvgIpc) is 2.03.